The van der Waals surface area contributed by atoms with Crippen LogP contribution in [0.1, 0.15) is 12.8 Å². The maximum atomic E-state index is 4.31. The van der Waals surface area contributed by atoms with Crippen molar-refractivity contribution in [3.63, 3.8) is 0 Å². The number of rotatable bonds is 9. The van der Waals surface area contributed by atoms with Crippen LogP contribution >= 0.6 is 30.6 Å². The summed E-state index contributed by atoms with van der Waals surface area (Å²) >= 11 is 8.62. The number of hydrogen-bond donors (Lipinski definition) is 0. The third kappa shape index (κ3) is 5.25. The second-order valence-corrected chi connectivity index (χ2v) is 22.9. The van der Waals surface area contributed by atoms with E-state index in [0.717, 1.165) is 0 Å². The second kappa shape index (κ2) is 10.9. The predicted octanol–water partition coefficient (Wildman–Crippen LogP) is 6.08. The van der Waals surface area contributed by atoms with E-state index in [0.29, 0.717) is 0 Å². The molecular formula is C28H28Br2Si2. The first-order valence-corrected chi connectivity index (χ1v) is 20.2. The first kappa shape index (κ1) is 23.4. The van der Waals surface area contributed by atoms with Gasteiger partial charge in [0.05, 0.1) is 0 Å². The molecule has 4 heteroatoms. The minimum absolute atomic E-state index is 1.20. The van der Waals surface area contributed by atoms with Crippen LogP contribution in [0.3, 0.4) is 0 Å². The molecule has 0 saturated carbocycles. The van der Waals surface area contributed by atoms with E-state index < -0.39 is 13.4 Å². The lowest BCUT2D eigenvalue weighted by Gasteiger charge is -2.29. The highest BCUT2D eigenvalue weighted by molar-refractivity contribution is 9.27. The zero-order valence-corrected chi connectivity index (χ0v) is 23.3. The van der Waals surface area contributed by atoms with Gasteiger partial charge in [0.2, 0.25) is 0 Å². The number of halogens is 2. The van der Waals surface area contributed by atoms with E-state index >= 15 is 0 Å². The molecule has 0 spiro atoms. The van der Waals surface area contributed by atoms with Crippen LogP contribution in [0, 0.1) is 0 Å². The monoisotopic (exact) mass is 578 g/mol. The highest BCUT2D eigenvalue weighted by Crippen LogP contribution is 2.26. The van der Waals surface area contributed by atoms with Gasteiger partial charge in [-0.25, -0.2) is 0 Å². The van der Waals surface area contributed by atoms with Crippen molar-refractivity contribution in [2.45, 2.75) is 24.9 Å². The van der Waals surface area contributed by atoms with Gasteiger partial charge in [-0.1, -0.05) is 134 Å². The molecule has 0 aliphatic carbocycles. The van der Waals surface area contributed by atoms with Gasteiger partial charge in [-0.15, -0.1) is 30.6 Å². The van der Waals surface area contributed by atoms with Gasteiger partial charge in [-0.05, 0) is 32.8 Å². The highest BCUT2D eigenvalue weighted by atomic mass is 79.9. The van der Waals surface area contributed by atoms with E-state index in [9.17, 15) is 0 Å². The average Bonchev–Trinajstić information content (AvgIpc) is 2.88. The Morgan fingerprint density at radius 1 is 0.375 bits per heavy atom. The summed E-state index contributed by atoms with van der Waals surface area (Å²) in [5.74, 6) is 0. The first-order valence-electron chi connectivity index (χ1n) is 11.2. The molecule has 0 fully saturated rings. The normalized spacial score (nSPS) is 11.9. The third-order valence-corrected chi connectivity index (χ3v) is 21.2. The van der Waals surface area contributed by atoms with Gasteiger partial charge >= 0.3 is 0 Å². The van der Waals surface area contributed by atoms with Gasteiger partial charge < -0.3 is 0 Å². The van der Waals surface area contributed by atoms with Gasteiger partial charge in [0.15, 0.2) is 13.4 Å². The molecule has 4 aromatic rings. The van der Waals surface area contributed by atoms with Gasteiger partial charge in [-0.2, -0.15) is 0 Å². The SMILES string of the molecule is Br[Si](CCCC[Si](Br)(c1ccccc1)c1ccccc1)(c1ccccc1)c1ccccc1. The van der Waals surface area contributed by atoms with E-state index in [2.05, 4.69) is 152 Å². The molecule has 0 saturated heterocycles. The number of benzene rings is 4. The van der Waals surface area contributed by atoms with Gasteiger partial charge in [0.1, 0.15) is 0 Å². The van der Waals surface area contributed by atoms with Crippen LogP contribution in [0.25, 0.3) is 0 Å². The van der Waals surface area contributed by atoms with Crippen molar-refractivity contribution >= 4 is 64.7 Å². The van der Waals surface area contributed by atoms with Crippen molar-refractivity contribution in [2.75, 3.05) is 0 Å². The van der Waals surface area contributed by atoms with E-state index in [1.807, 2.05) is 0 Å². The van der Waals surface area contributed by atoms with E-state index in [-0.39, 0.29) is 0 Å². The Morgan fingerprint density at radius 2 is 0.594 bits per heavy atom. The van der Waals surface area contributed by atoms with Crippen molar-refractivity contribution in [1.29, 1.82) is 0 Å². The molecule has 0 nitrogen and oxygen atoms in total. The summed E-state index contributed by atoms with van der Waals surface area (Å²) < 4.78 is 0. The lowest BCUT2D eigenvalue weighted by molar-refractivity contribution is 0.868. The van der Waals surface area contributed by atoms with Gasteiger partial charge in [-0.3, -0.25) is 0 Å². The van der Waals surface area contributed by atoms with Crippen LogP contribution in [0.15, 0.2) is 121 Å². The standard InChI is InChI=1S/C28H28Br2Si2/c29-31(25-15-5-1-6-16-25,26-17-7-2-8-18-26)23-13-14-24-32(30,27-19-9-3-10-20-27)28-21-11-4-12-22-28/h1-12,15-22H,13-14,23-24H2. The van der Waals surface area contributed by atoms with Crippen LogP contribution < -0.4 is 20.7 Å². The fourth-order valence-corrected chi connectivity index (χ4v) is 15.5. The fourth-order valence-electron chi connectivity index (χ4n) is 4.46. The molecule has 162 valence electrons. The summed E-state index contributed by atoms with van der Waals surface area (Å²) in [5.41, 5.74) is 0. The fraction of sp³-hybridized carbons (Fsp3) is 0.143. The molecule has 4 rings (SSSR count). The minimum atomic E-state index is -1.94. The zero-order chi connectivity index (χ0) is 22.3. The Hall–Kier alpha value is -1.73. The largest absolute Gasteiger partial charge is 0.190 e. The van der Waals surface area contributed by atoms with E-state index in [1.54, 1.807) is 0 Å². The first-order chi connectivity index (χ1) is 15.6. The molecular weight excluding hydrogens is 552 g/mol. The Kier molecular flexibility index (Phi) is 8.00. The van der Waals surface area contributed by atoms with Crippen LogP contribution in [0.2, 0.25) is 12.1 Å². The summed E-state index contributed by atoms with van der Waals surface area (Å²) in [4.78, 5) is 0. The second-order valence-electron chi connectivity index (χ2n) is 8.27. The molecule has 0 unspecified atom stereocenters. The maximum Gasteiger partial charge on any atom is 0.190 e. The highest BCUT2D eigenvalue weighted by Gasteiger charge is 2.36. The topological polar surface area (TPSA) is 0 Å². The summed E-state index contributed by atoms with van der Waals surface area (Å²) in [6.07, 6.45) is 2.42. The molecule has 0 aromatic heterocycles. The Morgan fingerprint density at radius 3 is 0.812 bits per heavy atom. The van der Waals surface area contributed by atoms with Crippen LogP contribution in [0.4, 0.5) is 0 Å². The summed E-state index contributed by atoms with van der Waals surface area (Å²) in [6.45, 7) is -3.89. The van der Waals surface area contributed by atoms with Gasteiger partial charge in [0.25, 0.3) is 0 Å². The zero-order valence-electron chi connectivity index (χ0n) is 18.1. The van der Waals surface area contributed by atoms with Crippen molar-refractivity contribution < 1.29 is 0 Å². The lowest BCUT2D eigenvalue weighted by atomic mass is 10.3. The molecule has 0 heterocycles. The van der Waals surface area contributed by atoms with E-state index in [4.69, 9.17) is 0 Å². The molecule has 0 bridgehead atoms. The number of unbranched alkanes of at least 4 members (excludes halogenated alkanes) is 1. The van der Waals surface area contributed by atoms with Crippen molar-refractivity contribution in [1.82, 2.24) is 0 Å². The Balaban J connectivity index is 1.54. The minimum Gasteiger partial charge on any atom is -0.114 e. The maximum absolute atomic E-state index is 4.31. The smallest absolute Gasteiger partial charge is 0.114 e. The molecule has 0 atom stereocenters. The molecule has 0 aliphatic rings. The van der Waals surface area contributed by atoms with Crippen LogP contribution in [0.5, 0.6) is 0 Å². The molecule has 0 radical (unpaired) electrons. The molecule has 0 aliphatic heterocycles. The summed E-state index contributed by atoms with van der Waals surface area (Å²) in [5, 5.41) is 5.83. The Labute approximate surface area is 209 Å². The average molecular weight is 581 g/mol. The van der Waals surface area contributed by atoms with E-state index in [1.165, 1.54) is 45.7 Å². The van der Waals surface area contributed by atoms with Crippen LogP contribution in [-0.4, -0.2) is 13.4 Å². The quantitative estimate of drug-likeness (QED) is 0.128. The predicted molar refractivity (Wildman–Crippen MR) is 153 cm³/mol. The van der Waals surface area contributed by atoms with Gasteiger partial charge in [0, 0.05) is 0 Å². The molecule has 32 heavy (non-hydrogen) atoms. The molecule has 4 aromatic carbocycles. The lowest BCUT2D eigenvalue weighted by Crippen LogP contribution is -2.53. The third-order valence-electron chi connectivity index (χ3n) is 6.22. The van der Waals surface area contributed by atoms with Crippen molar-refractivity contribution in [3.05, 3.63) is 121 Å². The Bertz CT molecular complexity index is 917. The number of hydrogen-bond acceptors (Lipinski definition) is 0. The van der Waals surface area contributed by atoms with Crippen molar-refractivity contribution in [2.24, 2.45) is 0 Å². The summed E-state index contributed by atoms with van der Waals surface area (Å²) in [6, 6.07) is 46.6. The molecule has 0 amide bonds. The summed E-state index contributed by atoms with van der Waals surface area (Å²) in [7, 11) is 0. The molecule has 0 N–H and O–H groups in total. The van der Waals surface area contributed by atoms with Crippen molar-refractivity contribution in [3.8, 4) is 0 Å². The van der Waals surface area contributed by atoms with Crippen LogP contribution in [-0.2, 0) is 0 Å².